The van der Waals surface area contributed by atoms with Gasteiger partial charge in [-0.3, -0.25) is 5.32 Å². The van der Waals surface area contributed by atoms with Gasteiger partial charge in [-0.05, 0) is 68.3 Å². The molecule has 0 radical (unpaired) electrons. The molecule has 152 valence electrons. The van der Waals surface area contributed by atoms with Crippen LogP contribution in [0.15, 0.2) is 65.9 Å². The first-order chi connectivity index (χ1) is 14.6. The molecule has 1 aliphatic rings. The second-order valence-corrected chi connectivity index (χ2v) is 7.94. The molecule has 5 N–H and O–H groups in total. The fourth-order valence-corrected chi connectivity index (χ4v) is 4.12. The van der Waals surface area contributed by atoms with Gasteiger partial charge in [0, 0.05) is 52.1 Å². The zero-order valence-corrected chi connectivity index (χ0v) is 17.2. The number of nitrogens with two attached hydrogens (primary N) is 1. The minimum atomic E-state index is -0.237. The predicted molar refractivity (Wildman–Crippen MR) is 125 cm³/mol. The van der Waals surface area contributed by atoms with Gasteiger partial charge >= 0.3 is 0 Å². The van der Waals surface area contributed by atoms with Gasteiger partial charge in [0.1, 0.15) is 5.84 Å². The average Bonchev–Trinajstić information content (AvgIpc) is 3.29. The van der Waals surface area contributed by atoms with Crippen molar-refractivity contribution in [3.63, 3.8) is 0 Å². The highest BCUT2D eigenvalue weighted by atomic mass is 15.4. The van der Waals surface area contributed by atoms with Gasteiger partial charge in [0.05, 0.1) is 0 Å². The number of aryl methyl sites for hydroxylation is 2. The monoisotopic (exact) mass is 398 g/mol. The van der Waals surface area contributed by atoms with Crippen molar-refractivity contribution in [2.75, 3.05) is 11.4 Å². The van der Waals surface area contributed by atoms with E-state index in [1.54, 1.807) is 0 Å². The van der Waals surface area contributed by atoms with E-state index in [4.69, 9.17) is 5.73 Å². The van der Waals surface area contributed by atoms with E-state index in [2.05, 4.69) is 87.7 Å². The lowest BCUT2D eigenvalue weighted by atomic mass is 10.1. The highest BCUT2D eigenvalue weighted by Gasteiger charge is 2.19. The number of hydrogen-bond donors (Lipinski definition) is 4. The molecule has 3 heterocycles. The SMILES string of the molecule is Cc1ccc2[nH]cc(CCNC3N=C(N)C=CN3c3ccc4[nH]c(C)cc4c3)c2c1. The van der Waals surface area contributed by atoms with Crippen molar-refractivity contribution < 1.29 is 0 Å². The number of benzene rings is 2. The molecule has 6 nitrogen and oxygen atoms in total. The number of amidine groups is 1. The van der Waals surface area contributed by atoms with E-state index in [0.717, 1.165) is 29.9 Å². The van der Waals surface area contributed by atoms with Gasteiger partial charge in [0.25, 0.3) is 0 Å². The summed E-state index contributed by atoms with van der Waals surface area (Å²) < 4.78 is 0. The standard InChI is InChI=1S/C24H26N6/c1-15-3-5-22-20(11-15)17(14-27-22)7-9-26-24-29-23(25)8-10-30(24)19-4-6-21-18(13-19)12-16(2)28-21/h3-6,8,10-14,24,26-28H,7,9H2,1-2H3,(H2,25,29). The topological polar surface area (TPSA) is 85.2 Å². The largest absolute Gasteiger partial charge is 0.384 e. The van der Waals surface area contributed by atoms with E-state index >= 15 is 0 Å². The minimum Gasteiger partial charge on any atom is -0.384 e. The molecule has 1 aliphatic heterocycles. The van der Waals surface area contributed by atoms with Crippen molar-refractivity contribution in [3.05, 3.63) is 77.8 Å². The normalized spacial score (nSPS) is 16.5. The maximum absolute atomic E-state index is 6.00. The maximum Gasteiger partial charge on any atom is 0.182 e. The van der Waals surface area contributed by atoms with Crippen molar-refractivity contribution in [2.45, 2.75) is 26.6 Å². The highest BCUT2D eigenvalue weighted by Crippen LogP contribution is 2.26. The smallest absolute Gasteiger partial charge is 0.182 e. The van der Waals surface area contributed by atoms with Crippen LogP contribution < -0.4 is 16.0 Å². The molecule has 0 amide bonds. The van der Waals surface area contributed by atoms with Crippen LogP contribution in [0.25, 0.3) is 21.8 Å². The average molecular weight is 399 g/mol. The zero-order chi connectivity index (χ0) is 20.7. The van der Waals surface area contributed by atoms with E-state index in [-0.39, 0.29) is 6.29 Å². The molecule has 0 spiro atoms. The molecule has 5 rings (SSSR count). The van der Waals surface area contributed by atoms with E-state index in [1.807, 2.05) is 12.3 Å². The summed E-state index contributed by atoms with van der Waals surface area (Å²) in [6, 6.07) is 15.1. The highest BCUT2D eigenvalue weighted by molar-refractivity contribution is 5.93. The Morgan fingerprint density at radius 1 is 1.10 bits per heavy atom. The number of anilines is 1. The Kier molecular flexibility index (Phi) is 4.56. The minimum absolute atomic E-state index is 0.237. The van der Waals surface area contributed by atoms with Crippen LogP contribution >= 0.6 is 0 Å². The zero-order valence-electron chi connectivity index (χ0n) is 17.2. The van der Waals surface area contributed by atoms with Crippen LogP contribution in [0, 0.1) is 13.8 Å². The Labute approximate surface area is 175 Å². The summed E-state index contributed by atoms with van der Waals surface area (Å²) in [5.74, 6) is 0.532. The summed E-state index contributed by atoms with van der Waals surface area (Å²) >= 11 is 0. The van der Waals surface area contributed by atoms with Gasteiger partial charge in [-0.15, -0.1) is 0 Å². The lowest BCUT2D eigenvalue weighted by Gasteiger charge is -2.31. The van der Waals surface area contributed by atoms with Crippen LogP contribution in [-0.4, -0.2) is 28.6 Å². The van der Waals surface area contributed by atoms with Crippen molar-refractivity contribution in [1.82, 2.24) is 15.3 Å². The second kappa shape index (κ2) is 7.39. The van der Waals surface area contributed by atoms with Crippen molar-refractivity contribution >= 4 is 33.3 Å². The van der Waals surface area contributed by atoms with Crippen LogP contribution in [0.4, 0.5) is 5.69 Å². The maximum atomic E-state index is 6.00. The van der Waals surface area contributed by atoms with Gasteiger partial charge in [0.15, 0.2) is 6.29 Å². The van der Waals surface area contributed by atoms with Crippen LogP contribution in [0.3, 0.4) is 0 Å². The first kappa shape index (κ1) is 18.5. The number of fused-ring (bicyclic) bond motifs is 2. The van der Waals surface area contributed by atoms with E-state index in [0.29, 0.717) is 5.84 Å². The first-order valence-corrected chi connectivity index (χ1v) is 10.3. The fourth-order valence-electron chi connectivity index (χ4n) is 4.12. The molecule has 1 unspecified atom stereocenters. The van der Waals surface area contributed by atoms with Gasteiger partial charge in [-0.25, -0.2) is 4.99 Å². The summed E-state index contributed by atoms with van der Waals surface area (Å²) in [4.78, 5) is 13.5. The Morgan fingerprint density at radius 3 is 2.87 bits per heavy atom. The molecule has 0 fully saturated rings. The van der Waals surface area contributed by atoms with E-state index < -0.39 is 0 Å². The number of aliphatic imine (C=N–C) groups is 1. The summed E-state index contributed by atoms with van der Waals surface area (Å²) in [5, 5.41) is 6.03. The molecular weight excluding hydrogens is 372 g/mol. The number of nitrogens with zero attached hydrogens (tertiary/aromatic N) is 2. The van der Waals surface area contributed by atoms with E-state index in [9.17, 15) is 0 Å². The molecule has 6 heteroatoms. The number of hydrogen-bond acceptors (Lipinski definition) is 4. The van der Waals surface area contributed by atoms with Crippen LogP contribution in [-0.2, 0) is 6.42 Å². The van der Waals surface area contributed by atoms with Gasteiger partial charge < -0.3 is 20.6 Å². The lowest BCUT2D eigenvalue weighted by Crippen LogP contribution is -2.45. The number of nitrogens with one attached hydrogen (secondary N) is 3. The van der Waals surface area contributed by atoms with Crippen molar-refractivity contribution in [1.29, 1.82) is 0 Å². The molecular formula is C24H26N6. The molecule has 0 bridgehead atoms. The third-order valence-electron chi connectivity index (χ3n) is 5.62. The Balaban J connectivity index is 1.34. The molecule has 0 saturated carbocycles. The second-order valence-electron chi connectivity index (χ2n) is 7.94. The fraction of sp³-hybridized carbons (Fsp3) is 0.208. The third kappa shape index (κ3) is 3.46. The Hall–Kier alpha value is -3.51. The molecule has 0 aliphatic carbocycles. The van der Waals surface area contributed by atoms with Crippen molar-refractivity contribution in [2.24, 2.45) is 10.7 Å². The summed E-state index contributed by atoms with van der Waals surface area (Å²) in [7, 11) is 0. The summed E-state index contributed by atoms with van der Waals surface area (Å²) in [6.45, 7) is 4.99. The molecule has 1 atom stereocenters. The quantitative estimate of drug-likeness (QED) is 0.409. The molecule has 4 aromatic rings. The molecule has 2 aromatic carbocycles. The van der Waals surface area contributed by atoms with Crippen LogP contribution in [0.2, 0.25) is 0 Å². The summed E-state index contributed by atoms with van der Waals surface area (Å²) in [6.07, 6.45) is 6.61. The molecule has 2 aromatic heterocycles. The molecule has 30 heavy (non-hydrogen) atoms. The first-order valence-electron chi connectivity index (χ1n) is 10.3. The third-order valence-corrected chi connectivity index (χ3v) is 5.62. The predicted octanol–water partition coefficient (Wildman–Crippen LogP) is 4.07. The Bertz CT molecular complexity index is 1280. The van der Waals surface area contributed by atoms with Crippen LogP contribution in [0.5, 0.6) is 0 Å². The lowest BCUT2D eigenvalue weighted by molar-refractivity contribution is 0.533. The van der Waals surface area contributed by atoms with Gasteiger partial charge in [0.2, 0.25) is 0 Å². The Morgan fingerprint density at radius 2 is 1.97 bits per heavy atom. The molecule has 0 saturated heterocycles. The number of rotatable bonds is 5. The number of aromatic nitrogens is 2. The summed E-state index contributed by atoms with van der Waals surface area (Å²) in [5.41, 5.74) is 13.1. The van der Waals surface area contributed by atoms with Crippen LogP contribution in [0.1, 0.15) is 16.8 Å². The van der Waals surface area contributed by atoms with E-state index in [1.165, 1.54) is 27.4 Å². The van der Waals surface area contributed by atoms with Gasteiger partial charge in [-0.1, -0.05) is 11.6 Å². The van der Waals surface area contributed by atoms with Crippen molar-refractivity contribution in [3.8, 4) is 0 Å². The number of aromatic amines is 2. The van der Waals surface area contributed by atoms with Gasteiger partial charge in [-0.2, -0.15) is 0 Å². The number of H-pyrrole nitrogens is 2.